The zero-order chi connectivity index (χ0) is 12.5. The van der Waals surface area contributed by atoms with Gasteiger partial charge in [-0.15, -0.1) is 0 Å². The van der Waals surface area contributed by atoms with Crippen molar-refractivity contribution in [3.05, 3.63) is 11.7 Å². The number of nitrogens with one attached hydrogen (secondary N) is 1. The molecule has 2 rings (SSSR count). The van der Waals surface area contributed by atoms with Crippen LogP contribution in [0.2, 0.25) is 0 Å². The van der Waals surface area contributed by atoms with Gasteiger partial charge in [0.1, 0.15) is 5.60 Å². The van der Waals surface area contributed by atoms with E-state index in [9.17, 15) is 0 Å². The average Bonchev–Trinajstić information content (AvgIpc) is 2.80. The van der Waals surface area contributed by atoms with E-state index in [0.29, 0.717) is 11.7 Å². The summed E-state index contributed by atoms with van der Waals surface area (Å²) in [5.41, 5.74) is -0.548. The van der Waals surface area contributed by atoms with Gasteiger partial charge in [0.25, 0.3) is 0 Å². The number of piperidine rings is 1. The fourth-order valence-electron chi connectivity index (χ4n) is 2.04. The summed E-state index contributed by atoms with van der Waals surface area (Å²) in [4.78, 5) is 4.51. The molecule has 17 heavy (non-hydrogen) atoms. The van der Waals surface area contributed by atoms with Gasteiger partial charge in [0.05, 0.1) is 5.41 Å². The third kappa shape index (κ3) is 2.35. The van der Waals surface area contributed by atoms with Gasteiger partial charge < -0.3 is 14.6 Å². The maximum Gasteiger partial charge on any atom is 0.233 e. The molecule has 0 amide bonds. The van der Waals surface area contributed by atoms with E-state index < -0.39 is 5.60 Å². The second kappa shape index (κ2) is 4.38. The molecular weight excluding hydrogens is 218 g/mol. The molecule has 1 unspecified atom stereocenters. The topological polar surface area (TPSA) is 60.2 Å². The van der Waals surface area contributed by atoms with Crippen molar-refractivity contribution in [1.82, 2.24) is 15.5 Å². The maximum absolute atomic E-state index is 5.41. The fourth-order valence-corrected chi connectivity index (χ4v) is 2.04. The van der Waals surface area contributed by atoms with E-state index in [-0.39, 0.29) is 5.41 Å². The van der Waals surface area contributed by atoms with Gasteiger partial charge in [-0.25, -0.2) is 0 Å². The molecular formula is C12H21N3O2. The van der Waals surface area contributed by atoms with Gasteiger partial charge in [0, 0.05) is 13.7 Å². The molecule has 0 aromatic carbocycles. The Morgan fingerprint density at radius 1 is 1.47 bits per heavy atom. The van der Waals surface area contributed by atoms with Crippen molar-refractivity contribution in [2.45, 2.75) is 44.6 Å². The quantitative estimate of drug-likeness (QED) is 0.868. The SMILES string of the molecule is COC(C)(C)c1noc(C2(C)CCCNC2)n1. The van der Waals surface area contributed by atoms with E-state index in [1.807, 2.05) is 13.8 Å². The van der Waals surface area contributed by atoms with Crippen molar-refractivity contribution in [3.63, 3.8) is 0 Å². The van der Waals surface area contributed by atoms with Crippen LogP contribution in [0.25, 0.3) is 0 Å². The summed E-state index contributed by atoms with van der Waals surface area (Å²) >= 11 is 0. The van der Waals surface area contributed by atoms with Crippen LogP contribution in [-0.4, -0.2) is 30.3 Å². The van der Waals surface area contributed by atoms with E-state index in [1.54, 1.807) is 7.11 Å². The Bertz CT molecular complexity index is 381. The zero-order valence-corrected chi connectivity index (χ0v) is 11.0. The lowest BCUT2D eigenvalue weighted by atomic mass is 9.83. The molecule has 0 bridgehead atoms. The van der Waals surface area contributed by atoms with Crippen LogP contribution in [-0.2, 0) is 15.8 Å². The molecule has 96 valence electrons. The van der Waals surface area contributed by atoms with Crippen LogP contribution in [0.5, 0.6) is 0 Å². The third-order valence-corrected chi connectivity index (χ3v) is 3.59. The lowest BCUT2D eigenvalue weighted by Gasteiger charge is -2.30. The third-order valence-electron chi connectivity index (χ3n) is 3.59. The van der Waals surface area contributed by atoms with Crippen LogP contribution < -0.4 is 5.32 Å². The van der Waals surface area contributed by atoms with Crippen LogP contribution in [0.3, 0.4) is 0 Å². The Balaban J connectivity index is 2.23. The Morgan fingerprint density at radius 2 is 2.24 bits per heavy atom. The number of hydrogen-bond acceptors (Lipinski definition) is 5. The molecule has 1 fully saturated rings. The number of hydrogen-bond donors (Lipinski definition) is 1. The molecule has 0 aliphatic carbocycles. The van der Waals surface area contributed by atoms with Gasteiger partial charge in [-0.3, -0.25) is 0 Å². The molecule has 1 aromatic rings. The Hall–Kier alpha value is -0.940. The number of rotatable bonds is 3. The average molecular weight is 239 g/mol. The first kappa shape index (κ1) is 12.5. The Labute approximate surface area is 102 Å². The van der Waals surface area contributed by atoms with E-state index >= 15 is 0 Å². The second-order valence-corrected chi connectivity index (χ2v) is 5.48. The lowest BCUT2D eigenvalue weighted by Crippen LogP contribution is -2.41. The van der Waals surface area contributed by atoms with Crippen molar-refractivity contribution in [2.75, 3.05) is 20.2 Å². The first-order chi connectivity index (χ1) is 7.98. The van der Waals surface area contributed by atoms with Crippen molar-refractivity contribution in [3.8, 4) is 0 Å². The number of nitrogens with zero attached hydrogens (tertiary/aromatic N) is 2. The monoisotopic (exact) mass is 239 g/mol. The molecule has 2 heterocycles. The first-order valence-electron chi connectivity index (χ1n) is 6.08. The molecule has 1 N–H and O–H groups in total. The molecule has 1 atom stereocenters. The minimum absolute atomic E-state index is 0.0483. The highest BCUT2D eigenvalue weighted by atomic mass is 16.5. The molecule has 1 aliphatic heterocycles. The predicted octanol–water partition coefficient (Wildman–Crippen LogP) is 1.59. The smallest absolute Gasteiger partial charge is 0.233 e. The van der Waals surface area contributed by atoms with Gasteiger partial charge in [-0.05, 0) is 40.2 Å². The summed E-state index contributed by atoms with van der Waals surface area (Å²) in [6, 6.07) is 0. The lowest BCUT2D eigenvalue weighted by molar-refractivity contribution is 0.00973. The van der Waals surface area contributed by atoms with Crippen LogP contribution in [0.4, 0.5) is 0 Å². The summed E-state index contributed by atoms with van der Waals surface area (Å²) in [6.07, 6.45) is 2.22. The van der Waals surface area contributed by atoms with Crippen molar-refractivity contribution in [2.24, 2.45) is 0 Å². The molecule has 0 saturated carbocycles. The van der Waals surface area contributed by atoms with Crippen molar-refractivity contribution >= 4 is 0 Å². The van der Waals surface area contributed by atoms with Gasteiger partial charge >= 0.3 is 0 Å². The number of methoxy groups -OCH3 is 1. The maximum atomic E-state index is 5.41. The zero-order valence-electron chi connectivity index (χ0n) is 11.0. The van der Waals surface area contributed by atoms with Gasteiger partial charge in [-0.1, -0.05) is 5.16 Å². The molecule has 1 aliphatic rings. The summed E-state index contributed by atoms with van der Waals surface area (Å²) in [5.74, 6) is 1.33. The highest BCUT2D eigenvalue weighted by Crippen LogP contribution is 2.31. The Kier molecular flexibility index (Phi) is 3.23. The molecule has 5 heteroatoms. The summed E-state index contributed by atoms with van der Waals surface area (Å²) < 4.78 is 10.8. The Morgan fingerprint density at radius 3 is 2.82 bits per heavy atom. The van der Waals surface area contributed by atoms with Gasteiger partial charge in [-0.2, -0.15) is 4.98 Å². The minimum atomic E-state index is -0.500. The molecule has 1 aromatic heterocycles. The number of aromatic nitrogens is 2. The highest BCUT2D eigenvalue weighted by molar-refractivity contribution is 5.08. The molecule has 5 nitrogen and oxygen atoms in total. The fraction of sp³-hybridized carbons (Fsp3) is 0.833. The van der Waals surface area contributed by atoms with Crippen LogP contribution in [0.1, 0.15) is 45.3 Å². The molecule has 0 radical (unpaired) electrons. The summed E-state index contributed by atoms with van der Waals surface area (Å²) in [5, 5.41) is 7.42. The van der Waals surface area contributed by atoms with Crippen molar-refractivity contribution < 1.29 is 9.26 Å². The van der Waals surface area contributed by atoms with E-state index in [2.05, 4.69) is 22.4 Å². The summed E-state index contributed by atoms with van der Waals surface area (Å²) in [6.45, 7) is 7.99. The minimum Gasteiger partial charge on any atom is -0.371 e. The van der Waals surface area contributed by atoms with E-state index in [0.717, 1.165) is 25.9 Å². The second-order valence-electron chi connectivity index (χ2n) is 5.48. The molecule has 1 saturated heterocycles. The standard InChI is InChI=1S/C12H21N3O2/c1-11(2,16-4)9-14-10(17-15-9)12(3)6-5-7-13-8-12/h13H,5-8H2,1-4H3. The van der Waals surface area contributed by atoms with Gasteiger partial charge in [0.15, 0.2) is 0 Å². The van der Waals surface area contributed by atoms with E-state index in [1.165, 1.54) is 0 Å². The normalized spacial score (nSPS) is 26.1. The predicted molar refractivity (Wildman–Crippen MR) is 63.8 cm³/mol. The van der Waals surface area contributed by atoms with Crippen LogP contribution in [0, 0.1) is 0 Å². The van der Waals surface area contributed by atoms with Gasteiger partial charge in [0.2, 0.25) is 11.7 Å². The number of ether oxygens (including phenoxy) is 1. The highest BCUT2D eigenvalue weighted by Gasteiger charge is 2.36. The van der Waals surface area contributed by atoms with Crippen LogP contribution >= 0.6 is 0 Å². The van der Waals surface area contributed by atoms with Crippen molar-refractivity contribution in [1.29, 1.82) is 0 Å². The van der Waals surface area contributed by atoms with E-state index in [4.69, 9.17) is 9.26 Å². The van der Waals surface area contributed by atoms with Crippen LogP contribution in [0.15, 0.2) is 4.52 Å². The first-order valence-corrected chi connectivity index (χ1v) is 6.08. The molecule has 0 spiro atoms. The largest absolute Gasteiger partial charge is 0.371 e. The summed E-state index contributed by atoms with van der Waals surface area (Å²) in [7, 11) is 1.65.